The van der Waals surface area contributed by atoms with E-state index in [0.717, 1.165) is 19.3 Å². The van der Waals surface area contributed by atoms with Crippen LogP contribution in [0.4, 0.5) is 0 Å². The summed E-state index contributed by atoms with van der Waals surface area (Å²) >= 11 is 0. The molecule has 0 aliphatic rings. The second-order valence-electron chi connectivity index (χ2n) is 4.63. The van der Waals surface area contributed by atoms with Gasteiger partial charge >= 0.3 is 0 Å². The molecule has 0 aliphatic heterocycles. The zero-order valence-electron chi connectivity index (χ0n) is 10.8. The first-order valence-corrected chi connectivity index (χ1v) is 6.62. The third kappa shape index (κ3) is 5.18. The predicted molar refractivity (Wildman–Crippen MR) is 74.0 cm³/mol. The van der Waals surface area contributed by atoms with Gasteiger partial charge in [0.05, 0.1) is 6.10 Å². The molecule has 0 aromatic heterocycles. The van der Waals surface area contributed by atoms with E-state index in [9.17, 15) is 5.11 Å². The maximum Gasteiger partial charge on any atom is 0.0605 e. The van der Waals surface area contributed by atoms with Crippen LogP contribution in [0.2, 0.25) is 0 Å². The Hall–Kier alpha value is -1.08. The number of benzene rings is 1. The minimum absolute atomic E-state index is 0.249. The molecular formula is C16H24O. The van der Waals surface area contributed by atoms with Gasteiger partial charge in [0, 0.05) is 5.92 Å². The van der Waals surface area contributed by atoms with Gasteiger partial charge in [-0.15, -0.1) is 6.58 Å². The van der Waals surface area contributed by atoms with Crippen LogP contribution in [0.5, 0.6) is 0 Å². The molecule has 17 heavy (non-hydrogen) atoms. The minimum atomic E-state index is -0.251. The van der Waals surface area contributed by atoms with Gasteiger partial charge in [-0.25, -0.2) is 0 Å². The summed E-state index contributed by atoms with van der Waals surface area (Å²) in [5, 5.41) is 10.1. The van der Waals surface area contributed by atoms with Crippen molar-refractivity contribution in [3.05, 3.63) is 48.6 Å². The van der Waals surface area contributed by atoms with E-state index in [1.54, 1.807) is 0 Å². The molecule has 0 saturated carbocycles. The number of aliphatic hydroxyl groups is 1. The lowest BCUT2D eigenvalue weighted by Crippen LogP contribution is -2.19. The summed E-state index contributed by atoms with van der Waals surface area (Å²) in [5.74, 6) is 0.249. The maximum absolute atomic E-state index is 10.1. The van der Waals surface area contributed by atoms with Crippen LogP contribution >= 0.6 is 0 Å². The van der Waals surface area contributed by atoms with Gasteiger partial charge in [-0.3, -0.25) is 0 Å². The van der Waals surface area contributed by atoms with E-state index in [2.05, 4.69) is 25.6 Å². The summed E-state index contributed by atoms with van der Waals surface area (Å²) in [6.45, 7) is 6.01. The van der Waals surface area contributed by atoms with Crippen LogP contribution in [-0.4, -0.2) is 11.2 Å². The molecule has 2 atom stereocenters. The smallest absolute Gasteiger partial charge is 0.0605 e. The highest BCUT2D eigenvalue weighted by Crippen LogP contribution is 2.18. The van der Waals surface area contributed by atoms with Gasteiger partial charge in [-0.05, 0) is 24.8 Å². The minimum Gasteiger partial charge on any atom is -0.393 e. The fourth-order valence-electron chi connectivity index (χ4n) is 2.08. The first kappa shape index (κ1) is 14.0. The largest absolute Gasteiger partial charge is 0.393 e. The summed E-state index contributed by atoms with van der Waals surface area (Å²) in [6, 6.07) is 10.3. The molecular weight excluding hydrogens is 208 g/mol. The summed E-state index contributed by atoms with van der Waals surface area (Å²) in [6.07, 6.45) is 6.82. The van der Waals surface area contributed by atoms with E-state index in [1.807, 2.05) is 24.3 Å². The van der Waals surface area contributed by atoms with E-state index in [4.69, 9.17) is 0 Å². The SMILES string of the molecule is C=C[C@H](CCCC)[C@@H](O)CCc1ccccc1. The van der Waals surface area contributed by atoms with Crippen LogP contribution in [0.15, 0.2) is 43.0 Å². The van der Waals surface area contributed by atoms with E-state index in [-0.39, 0.29) is 12.0 Å². The number of aliphatic hydroxyl groups excluding tert-OH is 1. The Balaban J connectivity index is 2.36. The van der Waals surface area contributed by atoms with Crippen molar-refractivity contribution < 1.29 is 5.11 Å². The molecule has 1 aromatic carbocycles. The van der Waals surface area contributed by atoms with Gasteiger partial charge in [-0.1, -0.05) is 56.2 Å². The second-order valence-corrected chi connectivity index (χ2v) is 4.63. The lowest BCUT2D eigenvalue weighted by molar-refractivity contribution is 0.115. The van der Waals surface area contributed by atoms with Gasteiger partial charge < -0.3 is 5.11 Å². The fourth-order valence-corrected chi connectivity index (χ4v) is 2.08. The summed E-state index contributed by atoms with van der Waals surface area (Å²) < 4.78 is 0. The van der Waals surface area contributed by atoms with Crippen LogP contribution in [0.3, 0.4) is 0 Å². The van der Waals surface area contributed by atoms with Crippen LogP contribution in [0.1, 0.15) is 38.2 Å². The van der Waals surface area contributed by atoms with E-state index >= 15 is 0 Å². The second kappa shape index (κ2) is 8.08. The zero-order valence-corrected chi connectivity index (χ0v) is 10.8. The lowest BCUT2D eigenvalue weighted by atomic mass is 9.92. The Morgan fingerprint density at radius 2 is 1.94 bits per heavy atom. The quantitative estimate of drug-likeness (QED) is 0.672. The predicted octanol–water partition coefficient (Wildman–Crippen LogP) is 3.97. The van der Waals surface area contributed by atoms with Crippen molar-refractivity contribution in [1.82, 2.24) is 0 Å². The molecule has 0 fully saturated rings. The number of aryl methyl sites for hydroxylation is 1. The van der Waals surface area contributed by atoms with Crippen molar-refractivity contribution >= 4 is 0 Å². The molecule has 1 heteroatoms. The third-order valence-electron chi connectivity index (χ3n) is 3.26. The lowest BCUT2D eigenvalue weighted by Gasteiger charge is -2.19. The molecule has 1 aromatic rings. The Kier molecular flexibility index (Phi) is 6.64. The zero-order chi connectivity index (χ0) is 12.5. The molecule has 1 nitrogen and oxygen atoms in total. The number of hydrogen-bond donors (Lipinski definition) is 1. The van der Waals surface area contributed by atoms with Crippen molar-refractivity contribution in [2.24, 2.45) is 5.92 Å². The number of unbranched alkanes of at least 4 members (excludes halogenated alkanes) is 1. The van der Waals surface area contributed by atoms with Gasteiger partial charge in [0.25, 0.3) is 0 Å². The average molecular weight is 232 g/mol. The average Bonchev–Trinajstić information content (AvgIpc) is 2.38. The monoisotopic (exact) mass is 232 g/mol. The third-order valence-corrected chi connectivity index (χ3v) is 3.26. The summed E-state index contributed by atoms with van der Waals surface area (Å²) in [5.41, 5.74) is 1.30. The molecule has 0 aliphatic carbocycles. The first-order chi connectivity index (χ1) is 8.27. The maximum atomic E-state index is 10.1. The van der Waals surface area contributed by atoms with Crippen molar-refractivity contribution in [2.75, 3.05) is 0 Å². The van der Waals surface area contributed by atoms with E-state index < -0.39 is 0 Å². The normalized spacial score (nSPS) is 14.2. The van der Waals surface area contributed by atoms with E-state index in [0.29, 0.717) is 0 Å². The van der Waals surface area contributed by atoms with Gasteiger partial charge in [0.1, 0.15) is 0 Å². The van der Waals surface area contributed by atoms with Crippen LogP contribution < -0.4 is 0 Å². The standard InChI is InChI=1S/C16H24O/c1-3-5-11-15(4-2)16(17)13-12-14-9-7-6-8-10-14/h4,6-10,15-17H,2-3,5,11-13H2,1H3/t15-,16+/m1/s1. The number of rotatable bonds is 8. The molecule has 1 N–H and O–H groups in total. The molecule has 94 valence electrons. The number of hydrogen-bond acceptors (Lipinski definition) is 1. The summed E-state index contributed by atoms with van der Waals surface area (Å²) in [4.78, 5) is 0. The molecule has 0 saturated heterocycles. The van der Waals surface area contributed by atoms with Crippen molar-refractivity contribution in [1.29, 1.82) is 0 Å². The Labute approximate surface area is 105 Å². The van der Waals surface area contributed by atoms with Crippen LogP contribution in [-0.2, 0) is 6.42 Å². The molecule has 0 amide bonds. The first-order valence-electron chi connectivity index (χ1n) is 6.62. The van der Waals surface area contributed by atoms with Gasteiger partial charge in [-0.2, -0.15) is 0 Å². The Bertz CT molecular complexity index is 305. The molecule has 0 radical (unpaired) electrons. The molecule has 0 spiro atoms. The molecule has 0 heterocycles. The van der Waals surface area contributed by atoms with Gasteiger partial charge in [0.2, 0.25) is 0 Å². The highest BCUT2D eigenvalue weighted by atomic mass is 16.3. The van der Waals surface area contributed by atoms with Crippen LogP contribution in [0.25, 0.3) is 0 Å². The molecule has 1 rings (SSSR count). The Morgan fingerprint density at radius 3 is 2.53 bits per heavy atom. The van der Waals surface area contributed by atoms with Crippen molar-refractivity contribution in [3.63, 3.8) is 0 Å². The highest BCUT2D eigenvalue weighted by Gasteiger charge is 2.14. The summed E-state index contributed by atoms with van der Waals surface area (Å²) in [7, 11) is 0. The van der Waals surface area contributed by atoms with Crippen molar-refractivity contribution in [2.45, 2.75) is 45.1 Å². The van der Waals surface area contributed by atoms with Crippen molar-refractivity contribution in [3.8, 4) is 0 Å². The molecule has 0 bridgehead atoms. The fraction of sp³-hybridized carbons (Fsp3) is 0.500. The highest BCUT2D eigenvalue weighted by molar-refractivity contribution is 5.14. The van der Waals surface area contributed by atoms with Gasteiger partial charge in [0.15, 0.2) is 0 Å². The van der Waals surface area contributed by atoms with Crippen LogP contribution in [0, 0.1) is 5.92 Å². The molecule has 0 unspecified atom stereocenters. The topological polar surface area (TPSA) is 20.2 Å². The van der Waals surface area contributed by atoms with E-state index in [1.165, 1.54) is 18.4 Å². The Morgan fingerprint density at radius 1 is 1.24 bits per heavy atom.